The van der Waals surface area contributed by atoms with Crippen LogP contribution in [0.2, 0.25) is 0 Å². The Hall–Kier alpha value is -1.02. The molecule has 0 N–H and O–H groups in total. The van der Waals surface area contributed by atoms with Gasteiger partial charge in [-0.2, -0.15) is 0 Å². The quantitative estimate of drug-likeness (QED) is 0.760. The highest BCUT2D eigenvalue weighted by atomic mass is 32.2. The first-order valence-electron chi connectivity index (χ1n) is 6.17. The molecule has 0 aliphatic heterocycles. The van der Waals surface area contributed by atoms with Gasteiger partial charge < -0.3 is 9.13 Å². The number of aromatic nitrogens is 6. The Labute approximate surface area is 121 Å². The van der Waals surface area contributed by atoms with Gasteiger partial charge in [0.2, 0.25) is 0 Å². The third kappa shape index (κ3) is 2.79. The minimum atomic E-state index is 0.669. The lowest BCUT2D eigenvalue weighted by atomic mass is 10.3. The maximum atomic E-state index is 4.27. The van der Waals surface area contributed by atoms with E-state index in [1.807, 2.05) is 12.5 Å². The summed E-state index contributed by atoms with van der Waals surface area (Å²) in [5.74, 6) is 1.89. The van der Waals surface area contributed by atoms with Crippen LogP contribution in [-0.2, 0) is 19.5 Å². The molecule has 0 bridgehead atoms. The predicted octanol–water partition coefficient (Wildman–Crippen LogP) is 1.94. The van der Waals surface area contributed by atoms with E-state index in [0.29, 0.717) is 6.42 Å². The molecule has 0 amide bonds. The Morgan fingerprint density at radius 2 is 1.21 bits per heavy atom. The molecule has 0 saturated heterocycles. The molecule has 0 spiro atoms. The molecule has 6 nitrogen and oxygen atoms in total. The van der Waals surface area contributed by atoms with E-state index >= 15 is 0 Å². The summed E-state index contributed by atoms with van der Waals surface area (Å²) >= 11 is 3.23. The lowest BCUT2D eigenvalue weighted by Gasteiger charge is -2.07. The maximum Gasteiger partial charge on any atom is 0.190 e. The van der Waals surface area contributed by atoms with E-state index in [4.69, 9.17) is 0 Å². The van der Waals surface area contributed by atoms with Crippen LogP contribution in [0.3, 0.4) is 0 Å². The Bertz CT molecular complexity index is 499. The smallest absolute Gasteiger partial charge is 0.190 e. The van der Waals surface area contributed by atoms with Crippen molar-refractivity contribution in [2.45, 2.75) is 43.7 Å². The minimum absolute atomic E-state index is 0.669. The summed E-state index contributed by atoms with van der Waals surface area (Å²) in [5, 5.41) is 18.8. The molecule has 8 heteroatoms. The van der Waals surface area contributed by atoms with Gasteiger partial charge in [0.1, 0.15) is 11.6 Å². The van der Waals surface area contributed by atoms with Gasteiger partial charge in [-0.15, -0.1) is 20.4 Å². The van der Waals surface area contributed by atoms with Crippen LogP contribution in [0.15, 0.2) is 10.3 Å². The summed E-state index contributed by atoms with van der Waals surface area (Å²) in [6.07, 6.45) is 4.70. The fraction of sp³-hybridized carbons (Fsp3) is 0.636. The number of rotatable bonds is 6. The molecule has 0 fully saturated rings. The molecule has 0 atom stereocenters. The zero-order valence-electron chi connectivity index (χ0n) is 11.6. The second kappa shape index (κ2) is 6.42. The molecular weight excluding hydrogens is 280 g/mol. The number of nitrogens with zero attached hydrogens (tertiary/aromatic N) is 6. The third-order valence-electron chi connectivity index (χ3n) is 2.90. The first kappa shape index (κ1) is 14.4. The van der Waals surface area contributed by atoms with Gasteiger partial charge in [0.05, 0.1) is 6.42 Å². The van der Waals surface area contributed by atoms with Crippen molar-refractivity contribution in [1.82, 2.24) is 29.5 Å². The Kier molecular flexibility index (Phi) is 4.87. The molecule has 0 saturated carbocycles. The number of thioether (sulfide) groups is 2. The van der Waals surface area contributed by atoms with Crippen LogP contribution < -0.4 is 0 Å². The Balaban J connectivity index is 2.31. The molecule has 0 aromatic carbocycles. The van der Waals surface area contributed by atoms with E-state index in [1.165, 1.54) is 0 Å². The van der Waals surface area contributed by atoms with Crippen molar-refractivity contribution in [3.8, 4) is 0 Å². The summed E-state index contributed by atoms with van der Waals surface area (Å²) in [6.45, 7) is 5.94. The van der Waals surface area contributed by atoms with Crippen LogP contribution in [0, 0.1) is 0 Å². The molecule has 2 aromatic heterocycles. The summed E-state index contributed by atoms with van der Waals surface area (Å²) in [6, 6.07) is 0. The van der Waals surface area contributed by atoms with Gasteiger partial charge in [0.25, 0.3) is 0 Å². The Morgan fingerprint density at radius 3 is 1.53 bits per heavy atom. The second-order valence-electron chi connectivity index (χ2n) is 3.87. The molecule has 19 heavy (non-hydrogen) atoms. The molecule has 0 aliphatic carbocycles. The number of hydrogen-bond donors (Lipinski definition) is 0. The van der Waals surface area contributed by atoms with Gasteiger partial charge in [-0.25, -0.2) is 0 Å². The summed E-state index contributed by atoms with van der Waals surface area (Å²) < 4.78 is 4.25. The average Bonchev–Trinajstić information content (AvgIpc) is 3.01. The highest BCUT2D eigenvalue weighted by Crippen LogP contribution is 2.18. The fourth-order valence-electron chi connectivity index (χ4n) is 1.98. The highest BCUT2D eigenvalue weighted by molar-refractivity contribution is 7.98. The van der Waals surface area contributed by atoms with Crippen molar-refractivity contribution < 1.29 is 0 Å². The van der Waals surface area contributed by atoms with Crippen molar-refractivity contribution in [1.29, 1.82) is 0 Å². The van der Waals surface area contributed by atoms with E-state index in [0.717, 1.165) is 35.1 Å². The molecule has 2 heterocycles. The van der Waals surface area contributed by atoms with Crippen LogP contribution in [0.1, 0.15) is 25.5 Å². The van der Waals surface area contributed by atoms with Gasteiger partial charge >= 0.3 is 0 Å². The highest BCUT2D eigenvalue weighted by Gasteiger charge is 2.15. The van der Waals surface area contributed by atoms with Gasteiger partial charge in [-0.05, 0) is 26.4 Å². The van der Waals surface area contributed by atoms with Crippen LogP contribution in [0.25, 0.3) is 0 Å². The van der Waals surface area contributed by atoms with Crippen molar-refractivity contribution in [3.63, 3.8) is 0 Å². The van der Waals surface area contributed by atoms with E-state index in [9.17, 15) is 0 Å². The van der Waals surface area contributed by atoms with Crippen molar-refractivity contribution in [2.75, 3.05) is 12.5 Å². The van der Waals surface area contributed by atoms with Crippen LogP contribution in [0.5, 0.6) is 0 Å². The lowest BCUT2D eigenvalue weighted by molar-refractivity contribution is 0.617. The van der Waals surface area contributed by atoms with Gasteiger partial charge in [0.15, 0.2) is 10.3 Å². The summed E-state index contributed by atoms with van der Waals surface area (Å²) in [7, 11) is 0. The molecular formula is C11H18N6S2. The SMILES string of the molecule is CCn1c(Cc2nnc(SC)n2CC)nnc1SC. The average molecular weight is 298 g/mol. The van der Waals surface area contributed by atoms with Crippen molar-refractivity contribution in [2.24, 2.45) is 0 Å². The zero-order valence-corrected chi connectivity index (χ0v) is 13.3. The van der Waals surface area contributed by atoms with Gasteiger partial charge in [0, 0.05) is 13.1 Å². The zero-order chi connectivity index (χ0) is 13.8. The normalized spacial score (nSPS) is 11.2. The first-order chi connectivity index (χ1) is 9.24. The molecule has 2 rings (SSSR count). The minimum Gasteiger partial charge on any atom is -0.306 e. The molecule has 0 aliphatic rings. The number of hydrogen-bond acceptors (Lipinski definition) is 6. The molecule has 2 aromatic rings. The second-order valence-corrected chi connectivity index (χ2v) is 5.42. The molecule has 0 unspecified atom stereocenters. The van der Waals surface area contributed by atoms with Gasteiger partial charge in [-0.1, -0.05) is 23.5 Å². The van der Waals surface area contributed by atoms with E-state index in [-0.39, 0.29) is 0 Å². The first-order valence-corrected chi connectivity index (χ1v) is 8.62. The Morgan fingerprint density at radius 1 is 0.789 bits per heavy atom. The lowest BCUT2D eigenvalue weighted by Crippen LogP contribution is -2.09. The monoisotopic (exact) mass is 298 g/mol. The van der Waals surface area contributed by atoms with Crippen LogP contribution in [-0.4, -0.2) is 42.0 Å². The third-order valence-corrected chi connectivity index (χ3v) is 4.24. The van der Waals surface area contributed by atoms with Crippen molar-refractivity contribution >= 4 is 23.5 Å². The fourth-order valence-corrected chi connectivity index (χ4v) is 3.13. The van der Waals surface area contributed by atoms with Gasteiger partial charge in [-0.3, -0.25) is 0 Å². The maximum absolute atomic E-state index is 4.27. The van der Waals surface area contributed by atoms with E-state index < -0.39 is 0 Å². The van der Waals surface area contributed by atoms with Crippen LogP contribution >= 0.6 is 23.5 Å². The van der Waals surface area contributed by atoms with E-state index in [1.54, 1.807) is 23.5 Å². The standard InChI is InChI=1S/C11H18N6S2/c1-5-16-8(12-14-10(16)18-3)7-9-13-15-11(19-4)17(9)6-2/h5-7H2,1-4H3. The van der Waals surface area contributed by atoms with E-state index in [2.05, 4.69) is 43.4 Å². The largest absolute Gasteiger partial charge is 0.306 e. The summed E-state index contributed by atoms with van der Waals surface area (Å²) in [5.41, 5.74) is 0. The molecule has 104 valence electrons. The summed E-state index contributed by atoms with van der Waals surface area (Å²) in [4.78, 5) is 0. The van der Waals surface area contributed by atoms with Crippen molar-refractivity contribution in [3.05, 3.63) is 11.6 Å². The topological polar surface area (TPSA) is 61.4 Å². The molecule has 0 radical (unpaired) electrons. The predicted molar refractivity (Wildman–Crippen MR) is 77.8 cm³/mol. The van der Waals surface area contributed by atoms with Crippen LogP contribution in [0.4, 0.5) is 0 Å².